The van der Waals surface area contributed by atoms with Crippen LogP contribution in [0.15, 0.2) is 24.3 Å². The highest BCUT2D eigenvalue weighted by molar-refractivity contribution is 5.99. The van der Waals surface area contributed by atoms with Gasteiger partial charge in [-0.2, -0.15) is 13.2 Å². The molecule has 21 heavy (non-hydrogen) atoms. The van der Waals surface area contributed by atoms with Gasteiger partial charge in [0.25, 0.3) is 5.91 Å². The van der Waals surface area contributed by atoms with Crippen molar-refractivity contribution in [2.45, 2.75) is 19.5 Å². The second kappa shape index (κ2) is 4.65. The summed E-state index contributed by atoms with van der Waals surface area (Å²) in [4.78, 5) is 15.0. The molecule has 6 heteroatoms. The van der Waals surface area contributed by atoms with Gasteiger partial charge in [0.15, 0.2) is 0 Å². The number of carbonyl (C=O) groups is 1. The number of hydrogen-bond acceptors (Lipinski definition) is 1. The molecule has 0 saturated carbocycles. The summed E-state index contributed by atoms with van der Waals surface area (Å²) < 4.78 is 37.7. The summed E-state index contributed by atoms with van der Waals surface area (Å²) in [6.45, 7) is 2.37. The van der Waals surface area contributed by atoms with Gasteiger partial charge in [0.05, 0.1) is 11.1 Å². The fourth-order valence-electron chi connectivity index (χ4n) is 2.66. The summed E-state index contributed by atoms with van der Waals surface area (Å²) >= 11 is 0. The van der Waals surface area contributed by atoms with E-state index in [0.717, 1.165) is 23.4 Å². The van der Waals surface area contributed by atoms with Gasteiger partial charge in [-0.25, -0.2) is 0 Å². The lowest BCUT2D eigenvalue weighted by Gasteiger charge is -2.12. The molecule has 1 aliphatic heterocycles. The minimum atomic E-state index is -4.34. The van der Waals surface area contributed by atoms with Crippen molar-refractivity contribution in [3.05, 3.63) is 46.6 Å². The summed E-state index contributed by atoms with van der Waals surface area (Å²) in [5.74, 6) is -0.136. The fourth-order valence-corrected chi connectivity index (χ4v) is 2.66. The van der Waals surface area contributed by atoms with Crippen LogP contribution in [0.4, 0.5) is 13.2 Å². The number of halogens is 3. The maximum atomic E-state index is 12.6. The summed E-state index contributed by atoms with van der Waals surface area (Å²) in [6, 6.07) is 4.94. The van der Waals surface area contributed by atoms with Crippen molar-refractivity contribution in [3.8, 4) is 11.3 Å². The van der Waals surface area contributed by atoms with Crippen LogP contribution < -0.4 is 5.32 Å². The molecule has 1 aromatic carbocycles. The molecule has 1 aromatic heterocycles. The number of rotatable bonds is 1. The number of fused-ring (bicyclic) bond motifs is 1. The Morgan fingerprint density at radius 3 is 2.38 bits per heavy atom. The van der Waals surface area contributed by atoms with Crippen molar-refractivity contribution in [1.29, 1.82) is 0 Å². The molecule has 0 unspecified atom stereocenters. The molecule has 0 saturated heterocycles. The van der Waals surface area contributed by atoms with Gasteiger partial charge < -0.3 is 10.3 Å². The smallest absolute Gasteiger partial charge is 0.357 e. The molecule has 0 radical (unpaired) electrons. The van der Waals surface area contributed by atoms with E-state index in [1.807, 2.05) is 0 Å². The van der Waals surface area contributed by atoms with Crippen molar-refractivity contribution in [3.63, 3.8) is 0 Å². The summed E-state index contributed by atoms with van der Waals surface area (Å²) in [7, 11) is 0. The maximum absolute atomic E-state index is 12.6. The lowest BCUT2D eigenvalue weighted by Crippen LogP contribution is -2.31. The van der Waals surface area contributed by atoms with Crippen LogP contribution in [0.5, 0.6) is 0 Å². The molecule has 3 nitrogen and oxygen atoms in total. The number of hydrogen-bond donors (Lipinski definition) is 2. The molecule has 1 aliphatic rings. The van der Waals surface area contributed by atoms with Gasteiger partial charge in [0.1, 0.15) is 0 Å². The highest BCUT2D eigenvalue weighted by atomic mass is 19.4. The maximum Gasteiger partial charge on any atom is 0.416 e. The van der Waals surface area contributed by atoms with Crippen LogP contribution in [-0.2, 0) is 12.6 Å². The van der Waals surface area contributed by atoms with Gasteiger partial charge in [-0.15, -0.1) is 0 Å². The number of aromatic amines is 1. The number of amides is 1. The number of benzene rings is 1. The molecule has 110 valence electrons. The predicted molar refractivity (Wildman–Crippen MR) is 72.0 cm³/mol. The van der Waals surface area contributed by atoms with Crippen molar-refractivity contribution in [2.24, 2.45) is 0 Å². The zero-order valence-corrected chi connectivity index (χ0v) is 11.3. The van der Waals surface area contributed by atoms with E-state index in [1.165, 1.54) is 12.1 Å². The molecule has 0 fully saturated rings. The van der Waals surface area contributed by atoms with E-state index in [-0.39, 0.29) is 5.91 Å². The standard InChI is InChI=1S/C15H13F3N2O/c1-8-12-11(6-7-19-14(12)21)20-13(8)9-2-4-10(5-3-9)15(16,17)18/h2-5,20H,6-7H2,1H3,(H,19,21). The molecule has 2 N–H and O–H groups in total. The van der Waals surface area contributed by atoms with Gasteiger partial charge >= 0.3 is 6.18 Å². The minimum Gasteiger partial charge on any atom is -0.357 e. The third-order valence-corrected chi connectivity index (χ3v) is 3.72. The summed E-state index contributed by atoms with van der Waals surface area (Å²) in [5, 5.41) is 2.77. The van der Waals surface area contributed by atoms with Crippen molar-refractivity contribution < 1.29 is 18.0 Å². The van der Waals surface area contributed by atoms with Crippen molar-refractivity contribution >= 4 is 5.91 Å². The largest absolute Gasteiger partial charge is 0.416 e. The first-order valence-electron chi connectivity index (χ1n) is 6.55. The Labute approximate surface area is 119 Å². The Morgan fingerprint density at radius 1 is 1.14 bits per heavy atom. The van der Waals surface area contributed by atoms with E-state index in [9.17, 15) is 18.0 Å². The van der Waals surface area contributed by atoms with E-state index in [0.29, 0.717) is 29.8 Å². The quantitative estimate of drug-likeness (QED) is 0.833. The average Bonchev–Trinajstić information content (AvgIpc) is 2.77. The van der Waals surface area contributed by atoms with Crippen LogP contribution in [0.2, 0.25) is 0 Å². The minimum absolute atomic E-state index is 0.136. The zero-order chi connectivity index (χ0) is 15.2. The number of aromatic nitrogens is 1. The molecular weight excluding hydrogens is 281 g/mol. The van der Waals surface area contributed by atoms with Gasteiger partial charge in [-0.05, 0) is 30.2 Å². The van der Waals surface area contributed by atoms with Gasteiger partial charge in [0.2, 0.25) is 0 Å². The van der Waals surface area contributed by atoms with Crippen molar-refractivity contribution in [1.82, 2.24) is 10.3 Å². The average molecular weight is 294 g/mol. The van der Waals surface area contributed by atoms with Crippen LogP contribution in [0, 0.1) is 6.92 Å². The second-order valence-corrected chi connectivity index (χ2v) is 5.06. The lowest BCUT2D eigenvalue weighted by molar-refractivity contribution is -0.137. The second-order valence-electron chi connectivity index (χ2n) is 5.06. The van der Waals surface area contributed by atoms with Crippen molar-refractivity contribution in [2.75, 3.05) is 6.54 Å². The monoisotopic (exact) mass is 294 g/mol. The number of nitrogens with one attached hydrogen (secondary N) is 2. The molecule has 3 rings (SSSR count). The van der Waals surface area contributed by atoms with E-state index in [2.05, 4.69) is 10.3 Å². The molecule has 1 amide bonds. The van der Waals surface area contributed by atoms with E-state index in [1.54, 1.807) is 6.92 Å². The predicted octanol–water partition coefficient (Wildman–Crippen LogP) is 3.29. The number of alkyl halides is 3. The van der Waals surface area contributed by atoms with Crippen LogP contribution >= 0.6 is 0 Å². The van der Waals surface area contributed by atoms with Crippen LogP contribution in [0.1, 0.15) is 27.2 Å². The Bertz CT molecular complexity index is 699. The highest BCUT2D eigenvalue weighted by Gasteiger charge is 2.30. The summed E-state index contributed by atoms with van der Waals surface area (Å²) in [6.07, 6.45) is -3.65. The molecule has 2 heterocycles. The SMILES string of the molecule is Cc1c(-c2ccc(C(F)(F)F)cc2)[nH]c2c1C(=O)NCC2. The molecule has 0 atom stereocenters. The lowest BCUT2D eigenvalue weighted by atomic mass is 10.0. The van der Waals surface area contributed by atoms with E-state index in [4.69, 9.17) is 0 Å². The first-order valence-corrected chi connectivity index (χ1v) is 6.55. The van der Waals surface area contributed by atoms with Gasteiger partial charge in [0, 0.05) is 24.4 Å². The molecule has 0 spiro atoms. The molecule has 0 bridgehead atoms. The van der Waals surface area contributed by atoms with Crippen LogP contribution in [0.25, 0.3) is 11.3 Å². The Kier molecular flexibility index (Phi) is 3.04. The Balaban J connectivity index is 2.04. The molecule has 2 aromatic rings. The van der Waals surface area contributed by atoms with Gasteiger partial charge in [-0.3, -0.25) is 4.79 Å². The normalized spacial score (nSPS) is 14.8. The highest BCUT2D eigenvalue weighted by Crippen LogP contribution is 2.33. The topological polar surface area (TPSA) is 44.9 Å². The first kappa shape index (κ1) is 13.7. The third kappa shape index (κ3) is 2.30. The van der Waals surface area contributed by atoms with E-state index >= 15 is 0 Å². The zero-order valence-electron chi connectivity index (χ0n) is 11.3. The Hall–Kier alpha value is -2.24. The third-order valence-electron chi connectivity index (χ3n) is 3.72. The fraction of sp³-hybridized carbons (Fsp3) is 0.267. The van der Waals surface area contributed by atoms with E-state index < -0.39 is 11.7 Å². The molecule has 0 aliphatic carbocycles. The van der Waals surface area contributed by atoms with Crippen LogP contribution in [0.3, 0.4) is 0 Å². The van der Waals surface area contributed by atoms with Crippen LogP contribution in [-0.4, -0.2) is 17.4 Å². The molecular formula is C15H13F3N2O. The number of H-pyrrole nitrogens is 1. The number of carbonyl (C=O) groups excluding carboxylic acids is 1. The Morgan fingerprint density at radius 2 is 1.81 bits per heavy atom. The summed E-state index contributed by atoms with van der Waals surface area (Å²) in [5.41, 5.74) is 2.87. The first-order chi connectivity index (χ1) is 9.88. The van der Waals surface area contributed by atoms with Gasteiger partial charge in [-0.1, -0.05) is 12.1 Å².